The van der Waals surface area contributed by atoms with Crippen molar-refractivity contribution in [1.82, 2.24) is 4.98 Å². The second-order valence-corrected chi connectivity index (χ2v) is 11.7. The molecule has 0 aliphatic carbocycles. The van der Waals surface area contributed by atoms with Gasteiger partial charge in [-0.3, -0.25) is 14.7 Å². The predicted molar refractivity (Wildman–Crippen MR) is 173 cm³/mol. The van der Waals surface area contributed by atoms with Crippen LogP contribution >= 0.6 is 0 Å². The lowest BCUT2D eigenvalue weighted by atomic mass is 9.96. The normalized spacial score (nSPS) is 11.3. The van der Waals surface area contributed by atoms with Crippen LogP contribution in [-0.2, 0) is 11.3 Å². The molecular formula is C36H34N2O7. The number of methoxy groups -OCH3 is 1. The molecule has 0 saturated carbocycles. The highest BCUT2D eigenvalue weighted by atomic mass is 16.6. The topological polar surface area (TPSA) is 119 Å². The number of pyridine rings is 1. The van der Waals surface area contributed by atoms with Gasteiger partial charge in [0.1, 0.15) is 22.7 Å². The molecule has 0 bridgehead atoms. The van der Waals surface area contributed by atoms with Crippen molar-refractivity contribution in [1.29, 1.82) is 0 Å². The number of anilines is 1. The summed E-state index contributed by atoms with van der Waals surface area (Å²) in [7, 11) is 1.57. The first-order chi connectivity index (χ1) is 21.4. The summed E-state index contributed by atoms with van der Waals surface area (Å²) in [5.41, 5.74) is 2.78. The number of fused-ring (bicyclic) bond motifs is 1. The van der Waals surface area contributed by atoms with Gasteiger partial charge >= 0.3 is 12.1 Å². The van der Waals surface area contributed by atoms with E-state index in [1.807, 2.05) is 44.2 Å². The molecule has 0 aliphatic heterocycles. The van der Waals surface area contributed by atoms with Crippen molar-refractivity contribution in [2.24, 2.45) is 0 Å². The molecule has 0 spiro atoms. The molecule has 2 aromatic heterocycles. The maximum absolute atomic E-state index is 13.8. The number of carbonyl (C=O) groups excluding carboxylic acids is 1. The minimum atomic E-state index is -1.15. The number of benzene rings is 3. The Morgan fingerprint density at radius 3 is 2.31 bits per heavy atom. The summed E-state index contributed by atoms with van der Waals surface area (Å²) < 4.78 is 17.7. The second-order valence-electron chi connectivity index (χ2n) is 11.7. The number of carboxylic acids is 1. The van der Waals surface area contributed by atoms with E-state index in [-0.39, 0.29) is 28.5 Å². The van der Waals surface area contributed by atoms with Crippen molar-refractivity contribution in [3.8, 4) is 28.2 Å². The van der Waals surface area contributed by atoms with Crippen LogP contribution in [0.25, 0.3) is 33.4 Å². The largest absolute Gasteiger partial charge is 0.496 e. The molecule has 3 aromatic carbocycles. The van der Waals surface area contributed by atoms with Crippen molar-refractivity contribution >= 4 is 28.7 Å². The van der Waals surface area contributed by atoms with Gasteiger partial charge in [-0.25, -0.2) is 9.59 Å². The number of rotatable bonds is 7. The van der Waals surface area contributed by atoms with Gasteiger partial charge in [0.25, 0.3) is 0 Å². The standard InChI is InChI=1S/C36H34N2O7/c1-21-19-37-29(22(2)32(21)43-6)20-38(35(42)45-36(3,4)5)24-16-27(25-14-10-11-15-26(25)34(40)41)33-28(17-24)30(39)18-31(44-33)23-12-8-7-9-13-23/h7-19H,20H2,1-6H3,(H,40,41). The molecule has 0 atom stereocenters. The van der Waals surface area contributed by atoms with E-state index >= 15 is 0 Å². The van der Waals surface area contributed by atoms with Gasteiger partial charge in [-0.2, -0.15) is 0 Å². The zero-order chi connectivity index (χ0) is 32.5. The van der Waals surface area contributed by atoms with Crippen LogP contribution in [0.1, 0.15) is 48.0 Å². The van der Waals surface area contributed by atoms with E-state index in [0.717, 1.165) is 11.1 Å². The minimum Gasteiger partial charge on any atom is -0.496 e. The van der Waals surface area contributed by atoms with Gasteiger partial charge < -0.3 is 19.0 Å². The second kappa shape index (κ2) is 12.3. The lowest BCUT2D eigenvalue weighted by Crippen LogP contribution is -2.37. The monoisotopic (exact) mass is 606 g/mol. The van der Waals surface area contributed by atoms with Gasteiger partial charge in [0, 0.05) is 40.2 Å². The summed E-state index contributed by atoms with van der Waals surface area (Å²) in [6.07, 6.45) is 0.994. The Kier molecular flexibility index (Phi) is 8.46. The van der Waals surface area contributed by atoms with Gasteiger partial charge in [0.15, 0.2) is 5.43 Å². The lowest BCUT2D eigenvalue weighted by Gasteiger charge is -2.28. The molecular weight excluding hydrogens is 572 g/mol. The maximum atomic E-state index is 13.8. The molecule has 0 aliphatic rings. The van der Waals surface area contributed by atoms with Crippen LogP contribution in [0.3, 0.4) is 0 Å². The number of aromatic carboxylic acids is 1. The molecule has 0 saturated heterocycles. The van der Waals surface area contributed by atoms with Gasteiger partial charge in [-0.05, 0) is 58.4 Å². The minimum absolute atomic E-state index is 0.00770. The number of nitrogens with zero attached hydrogens (tertiary/aromatic N) is 2. The summed E-state index contributed by atoms with van der Waals surface area (Å²) in [5, 5.41) is 10.2. The molecule has 45 heavy (non-hydrogen) atoms. The maximum Gasteiger partial charge on any atom is 0.415 e. The molecule has 5 rings (SSSR count). The molecule has 0 unspecified atom stereocenters. The van der Waals surface area contributed by atoms with E-state index in [1.165, 1.54) is 17.0 Å². The van der Waals surface area contributed by atoms with Gasteiger partial charge in [-0.1, -0.05) is 48.5 Å². The first-order valence-corrected chi connectivity index (χ1v) is 14.4. The number of aryl methyl sites for hydroxylation is 1. The van der Waals surface area contributed by atoms with E-state index in [2.05, 4.69) is 4.98 Å². The Labute approximate surface area is 260 Å². The van der Waals surface area contributed by atoms with E-state index in [4.69, 9.17) is 13.9 Å². The lowest BCUT2D eigenvalue weighted by molar-refractivity contribution is 0.0576. The van der Waals surface area contributed by atoms with E-state index in [1.54, 1.807) is 64.4 Å². The summed E-state index contributed by atoms with van der Waals surface area (Å²) in [6.45, 7) is 9.00. The summed E-state index contributed by atoms with van der Waals surface area (Å²) in [5.74, 6) is -0.181. The molecule has 0 radical (unpaired) electrons. The zero-order valence-corrected chi connectivity index (χ0v) is 26.0. The van der Waals surface area contributed by atoms with Crippen molar-refractivity contribution in [2.45, 2.75) is 46.8 Å². The molecule has 0 fully saturated rings. The predicted octanol–water partition coefficient (Wildman–Crippen LogP) is 7.79. The van der Waals surface area contributed by atoms with Gasteiger partial charge in [-0.15, -0.1) is 0 Å². The van der Waals surface area contributed by atoms with Crippen LogP contribution in [0.5, 0.6) is 5.75 Å². The molecule has 1 amide bonds. The summed E-state index contributed by atoms with van der Waals surface area (Å²) >= 11 is 0. The molecule has 1 N–H and O–H groups in total. The van der Waals surface area contributed by atoms with Gasteiger partial charge in [0.2, 0.25) is 0 Å². The van der Waals surface area contributed by atoms with E-state index in [9.17, 15) is 19.5 Å². The Bertz CT molecular complexity index is 1970. The molecule has 9 heteroatoms. The molecule has 9 nitrogen and oxygen atoms in total. The molecule has 5 aromatic rings. The third-order valence-electron chi connectivity index (χ3n) is 7.30. The highest BCUT2D eigenvalue weighted by molar-refractivity contribution is 6.04. The van der Waals surface area contributed by atoms with Gasteiger partial charge in [0.05, 0.1) is 30.3 Å². The Balaban J connectivity index is 1.80. The van der Waals surface area contributed by atoms with Crippen LogP contribution in [-0.4, -0.2) is 34.9 Å². The van der Waals surface area contributed by atoms with Crippen LogP contribution in [0.4, 0.5) is 10.5 Å². The summed E-state index contributed by atoms with van der Waals surface area (Å²) in [6, 6.07) is 20.2. The average Bonchev–Trinajstić information content (AvgIpc) is 3.00. The highest BCUT2D eigenvalue weighted by Gasteiger charge is 2.28. The van der Waals surface area contributed by atoms with Crippen LogP contribution in [0, 0.1) is 13.8 Å². The first kappa shape index (κ1) is 31.0. The zero-order valence-electron chi connectivity index (χ0n) is 26.0. The van der Waals surface area contributed by atoms with E-state index in [0.29, 0.717) is 39.6 Å². The van der Waals surface area contributed by atoms with Crippen LogP contribution < -0.4 is 15.1 Å². The van der Waals surface area contributed by atoms with E-state index < -0.39 is 17.7 Å². The Morgan fingerprint density at radius 2 is 1.64 bits per heavy atom. The fourth-order valence-corrected chi connectivity index (χ4v) is 5.21. The number of amides is 1. The number of carboxylic acid groups (broad SMARTS) is 1. The average molecular weight is 607 g/mol. The quantitative estimate of drug-likeness (QED) is 0.199. The smallest absolute Gasteiger partial charge is 0.415 e. The number of ether oxygens (including phenoxy) is 2. The Hall–Kier alpha value is -5.44. The number of carbonyl (C=O) groups is 2. The fraction of sp³-hybridized carbons (Fsp3) is 0.222. The first-order valence-electron chi connectivity index (χ1n) is 14.4. The van der Waals surface area contributed by atoms with Crippen molar-refractivity contribution < 1.29 is 28.6 Å². The van der Waals surface area contributed by atoms with Crippen molar-refractivity contribution in [3.05, 3.63) is 112 Å². The highest BCUT2D eigenvalue weighted by Crippen LogP contribution is 2.37. The van der Waals surface area contributed by atoms with Crippen LogP contribution in [0.15, 0.2) is 88.2 Å². The molecule has 230 valence electrons. The number of hydrogen-bond donors (Lipinski definition) is 1. The SMILES string of the molecule is COc1c(C)cnc(CN(C(=O)OC(C)(C)C)c2cc(-c3ccccc3C(=O)O)c3oc(-c4ccccc4)cc(=O)c3c2)c1C. The number of aromatic nitrogens is 1. The van der Waals surface area contributed by atoms with Crippen LogP contribution in [0.2, 0.25) is 0 Å². The van der Waals surface area contributed by atoms with Crippen molar-refractivity contribution in [3.63, 3.8) is 0 Å². The third-order valence-corrected chi connectivity index (χ3v) is 7.30. The summed E-state index contributed by atoms with van der Waals surface area (Å²) in [4.78, 5) is 45.9. The third kappa shape index (κ3) is 6.43. The Morgan fingerprint density at radius 1 is 0.956 bits per heavy atom. The fourth-order valence-electron chi connectivity index (χ4n) is 5.21. The number of hydrogen-bond acceptors (Lipinski definition) is 7. The molecule has 2 heterocycles. The van der Waals surface area contributed by atoms with Crippen molar-refractivity contribution in [2.75, 3.05) is 12.0 Å².